The van der Waals surface area contributed by atoms with Crippen molar-refractivity contribution in [1.29, 1.82) is 0 Å². The van der Waals surface area contributed by atoms with Crippen LogP contribution in [-0.2, 0) is 4.79 Å². The summed E-state index contributed by atoms with van der Waals surface area (Å²) < 4.78 is 0. The van der Waals surface area contributed by atoms with Crippen LogP contribution in [0.3, 0.4) is 0 Å². The molecule has 1 fully saturated rings. The Morgan fingerprint density at radius 1 is 1.55 bits per heavy atom. The third kappa shape index (κ3) is 3.98. The van der Waals surface area contributed by atoms with Gasteiger partial charge < -0.3 is 5.32 Å². The van der Waals surface area contributed by atoms with Crippen molar-refractivity contribution >= 4 is 5.91 Å². The molecule has 66 valence electrons. The van der Waals surface area contributed by atoms with Gasteiger partial charge in [-0.15, -0.1) is 0 Å². The fraction of sp³-hybridized carbons (Fsp3) is 0.875. The highest BCUT2D eigenvalue weighted by Crippen LogP contribution is 1.94. The van der Waals surface area contributed by atoms with Crippen molar-refractivity contribution in [2.75, 3.05) is 20.1 Å². The van der Waals surface area contributed by atoms with E-state index < -0.39 is 0 Å². The molecule has 0 spiro atoms. The topological polar surface area (TPSA) is 32.3 Å². The van der Waals surface area contributed by atoms with Crippen molar-refractivity contribution in [2.24, 2.45) is 0 Å². The second-order valence-electron chi connectivity index (χ2n) is 2.67. The third-order valence-electron chi connectivity index (χ3n) is 1.41. The van der Waals surface area contributed by atoms with Crippen LogP contribution in [0.1, 0.15) is 20.8 Å². The molecular formula is C8H18N2O. The standard InChI is InChI=1S/C6H12N2O.C2H6/c1-5-3-8(2)4-6(9)7-5;1-2/h5H,3-4H2,1-2H3,(H,7,9);1-2H3. The third-order valence-corrected chi connectivity index (χ3v) is 1.41. The molecule has 0 aliphatic carbocycles. The molecule has 1 rings (SSSR count). The Morgan fingerprint density at radius 2 is 2.09 bits per heavy atom. The monoisotopic (exact) mass is 158 g/mol. The Kier molecular flexibility index (Phi) is 4.86. The lowest BCUT2D eigenvalue weighted by atomic mass is 10.2. The highest BCUT2D eigenvalue weighted by Gasteiger charge is 2.17. The van der Waals surface area contributed by atoms with Crippen molar-refractivity contribution in [1.82, 2.24) is 10.2 Å². The molecule has 1 aliphatic rings. The summed E-state index contributed by atoms with van der Waals surface area (Å²) in [6, 6.07) is 0.316. The highest BCUT2D eigenvalue weighted by molar-refractivity contribution is 5.79. The molecule has 1 atom stereocenters. The molecule has 0 radical (unpaired) electrons. The molecule has 11 heavy (non-hydrogen) atoms. The van der Waals surface area contributed by atoms with Gasteiger partial charge in [-0.3, -0.25) is 9.69 Å². The number of carbonyl (C=O) groups excluding carboxylic acids is 1. The van der Waals surface area contributed by atoms with Crippen LogP contribution in [0.4, 0.5) is 0 Å². The maximum Gasteiger partial charge on any atom is 0.234 e. The first-order chi connectivity index (χ1) is 5.18. The molecule has 0 saturated carbocycles. The van der Waals surface area contributed by atoms with Crippen molar-refractivity contribution in [3.05, 3.63) is 0 Å². The number of nitrogens with one attached hydrogen (secondary N) is 1. The predicted octanol–water partition coefficient (Wildman–Crippen LogP) is 0.463. The zero-order valence-electron chi connectivity index (χ0n) is 7.85. The number of hydrogen-bond donors (Lipinski definition) is 1. The summed E-state index contributed by atoms with van der Waals surface area (Å²) in [5, 5.41) is 2.83. The van der Waals surface area contributed by atoms with E-state index in [1.807, 2.05) is 32.7 Å². The minimum absolute atomic E-state index is 0.135. The minimum Gasteiger partial charge on any atom is -0.351 e. The number of carbonyl (C=O) groups is 1. The molecule has 3 heteroatoms. The van der Waals surface area contributed by atoms with Crippen LogP contribution in [0.2, 0.25) is 0 Å². The zero-order valence-corrected chi connectivity index (χ0v) is 7.85. The smallest absolute Gasteiger partial charge is 0.234 e. The lowest BCUT2D eigenvalue weighted by molar-refractivity contribution is -0.124. The Bertz CT molecular complexity index is 113. The summed E-state index contributed by atoms with van der Waals surface area (Å²) in [5.74, 6) is 0.135. The number of rotatable bonds is 0. The highest BCUT2D eigenvalue weighted by atomic mass is 16.2. The van der Waals surface area contributed by atoms with Crippen molar-refractivity contribution in [3.63, 3.8) is 0 Å². The number of nitrogens with zero attached hydrogens (tertiary/aromatic N) is 1. The Labute approximate surface area is 68.8 Å². The van der Waals surface area contributed by atoms with Gasteiger partial charge in [-0.25, -0.2) is 0 Å². The molecule has 3 nitrogen and oxygen atoms in total. The molecular weight excluding hydrogens is 140 g/mol. The van der Waals surface area contributed by atoms with E-state index in [0.717, 1.165) is 6.54 Å². The van der Waals surface area contributed by atoms with Gasteiger partial charge in [-0.1, -0.05) is 13.8 Å². The lowest BCUT2D eigenvalue weighted by Gasteiger charge is -2.27. The molecule has 0 aromatic heterocycles. The number of piperazine rings is 1. The van der Waals surface area contributed by atoms with Crippen LogP contribution in [0.15, 0.2) is 0 Å². The van der Waals surface area contributed by atoms with Gasteiger partial charge in [0.2, 0.25) is 5.91 Å². The molecule has 0 aromatic rings. The first-order valence-corrected chi connectivity index (χ1v) is 4.16. The Hall–Kier alpha value is -0.570. The maximum atomic E-state index is 10.7. The summed E-state index contributed by atoms with van der Waals surface area (Å²) in [6.07, 6.45) is 0. The van der Waals surface area contributed by atoms with Gasteiger partial charge in [0.05, 0.1) is 6.54 Å². The second kappa shape index (κ2) is 5.13. The van der Waals surface area contributed by atoms with E-state index in [-0.39, 0.29) is 5.91 Å². The minimum atomic E-state index is 0.135. The molecule has 1 aliphatic heterocycles. The number of likely N-dealkylation sites (N-methyl/N-ethyl adjacent to an activating group) is 1. The largest absolute Gasteiger partial charge is 0.351 e. The summed E-state index contributed by atoms with van der Waals surface area (Å²) in [6.45, 7) is 7.52. The van der Waals surface area contributed by atoms with Crippen LogP contribution in [-0.4, -0.2) is 37.0 Å². The predicted molar refractivity (Wildman–Crippen MR) is 46.4 cm³/mol. The fourth-order valence-corrected chi connectivity index (χ4v) is 1.14. The van der Waals surface area contributed by atoms with Gasteiger partial charge in [0.15, 0.2) is 0 Å². The van der Waals surface area contributed by atoms with Gasteiger partial charge in [0.1, 0.15) is 0 Å². The van der Waals surface area contributed by atoms with Crippen molar-refractivity contribution in [3.8, 4) is 0 Å². The Morgan fingerprint density at radius 3 is 2.45 bits per heavy atom. The quantitative estimate of drug-likeness (QED) is 0.555. The number of hydrogen-bond acceptors (Lipinski definition) is 2. The van der Waals surface area contributed by atoms with E-state index >= 15 is 0 Å². The first-order valence-electron chi connectivity index (χ1n) is 4.16. The van der Waals surface area contributed by atoms with Gasteiger partial charge in [0.25, 0.3) is 0 Å². The SMILES string of the molecule is CC.CC1CN(C)CC(=O)N1. The molecule has 0 bridgehead atoms. The van der Waals surface area contributed by atoms with Crippen LogP contribution in [0.25, 0.3) is 0 Å². The summed E-state index contributed by atoms with van der Waals surface area (Å²) in [4.78, 5) is 12.7. The van der Waals surface area contributed by atoms with Crippen LogP contribution in [0.5, 0.6) is 0 Å². The molecule has 1 heterocycles. The lowest BCUT2D eigenvalue weighted by Crippen LogP contribution is -2.51. The van der Waals surface area contributed by atoms with E-state index in [1.54, 1.807) is 0 Å². The van der Waals surface area contributed by atoms with Crippen LogP contribution >= 0.6 is 0 Å². The summed E-state index contributed by atoms with van der Waals surface area (Å²) >= 11 is 0. The molecule has 1 N–H and O–H groups in total. The Balaban J connectivity index is 0.000000461. The number of amides is 1. The van der Waals surface area contributed by atoms with Gasteiger partial charge in [-0.2, -0.15) is 0 Å². The normalized spacial score (nSPS) is 25.1. The van der Waals surface area contributed by atoms with E-state index in [2.05, 4.69) is 5.32 Å². The van der Waals surface area contributed by atoms with Crippen molar-refractivity contribution in [2.45, 2.75) is 26.8 Å². The van der Waals surface area contributed by atoms with E-state index in [9.17, 15) is 4.79 Å². The van der Waals surface area contributed by atoms with Gasteiger partial charge in [0, 0.05) is 12.6 Å². The fourth-order valence-electron chi connectivity index (χ4n) is 1.14. The first kappa shape index (κ1) is 10.4. The molecule has 0 aromatic carbocycles. The van der Waals surface area contributed by atoms with E-state index in [4.69, 9.17) is 0 Å². The van der Waals surface area contributed by atoms with Crippen LogP contribution < -0.4 is 5.32 Å². The van der Waals surface area contributed by atoms with E-state index in [1.165, 1.54) is 0 Å². The average molecular weight is 158 g/mol. The van der Waals surface area contributed by atoms with Gasteiger partial charge in [-0.05, 0) is 14.0 Å². The van der Waals surface area contributed by atoms with Crippen molar-refractivity contribution < 1.29 is 4.79 Å². The maximum absolute atomic E-state index is 10.7. The summed E-state index contributed by atoms with van der Waals surface area (Å²) in [5.41, 5.74) is 0. The molecule has 1 amide bonds. The van der Waals surface area contributed by atoms with E-state index in [0.29, 0.717) is 12.6 Å². The molecule has 1 unspecified atom stereocenters. The molecule has 1 saturated heterocycles. The zero-order chi connectivity index (χ0) is 8.85. The average Bonchev–Trinajstić information content (AvgIpc) is 1.88. The van der Waals surface area contributed by atoms with Gasteiger partial charge >= 0.3 is 0 Å². The van der Waals surface area contributed by atoms with Crippen LogP contribution in [0, 0.1) is 0 Å². The second-order valence-corrected chi connectivity index (χ2v) is 2.67. The summed E-state index contributed by atoms with van der Waals surface area (Å²) in [7, 11) is 1.95.